The average molecular weight is 307 g/mol. The zero-order chi connectivity index (χ0) is 14.9. The first-order valence-electron chi connectivity index (χ1n) is 7.28. The molecular weight excluding hydrogens is 283 g/mol. The molecule has 1 nitrogen and oxygen atoms in total. The van der Waals surface area contributed by atoms with Crippen molar-refractivity contribution in [2.45, 2.75) is 50.6 Å². The Hall–Kier alpha value is -0.716. The van der Waals surface area contributed by atoms with Crippen molar-refractivity contribution in [3.05, 3.63) is 41.2 Å². The van der Waals surface area contributed by atoms with E-state index in [1.54, 1.807) is 6.07 Å². The fraction of sp³-hybridized carbons (Fsp3) is 0.500. The highest BCUT2D eigenvalue weighted by atomic mass is 28.3. The highest BCUT2D eigenvalue weighted by Crippen LogP contribution is 2.55. The van der Waals surface area contributed by atoms with Crippen molar-refractivity contribution in [3.63, 3.8) is 0 Å². The molecule has 0 saturated heterocycles. The van der Waals surface area contributed by atoms with E-state index in [0.717, 1.165) is 11.1 Å². The van der Waals surface area contributed by atoms with Gasteiger partial charge in [0.15, 0.2) is 0 Å². The van der Waals surface area contributed by atoms with E-state index in [0.29, 0.717) is 0 Å². The van der Waals surface area contributed by atoms with E-state index in [1.165, 1.54) is 5.19 Å². The second kappa shape index (κ2) is 3.93. The van der Waals surface area contributed by atoms with Gasteiger partial charge >= 0.3 is 0 Å². The molecule has 0 radical (unpaired) electrons. The van der Waals surface area contributed by atoms with Gasteiger partial charge in [-0.1, -0.05) is 62.7 Å². The molecule has 2 heterocycles. The van der Waals surface area contributed by atoms with Crippen molar-refractivity contribution in [2.24, 2.45) is 0 Å². The summed E-state index contributed by atoms with van der Waals surface area (Å²) >= 11 is 0. The fourth-order valence-electron chi connectivity index (χ4n) is 3.52. The molecule has 4 heteroatoms. The number of benzene rings is 1. The van der Waals surface area contributed by atoms with Gasteiger partial charge in [-0.25, -0.2) is 4.39 Å². The van der Waals surface area contributed by atoms with Crippen LogP contribution in [0, 0.1) is 5.82 Å². The van der Waals surface area contributed by atoms with E-state index in [1.807, 2.05) is 6.07 Å². The molecule has 2 bridgehead atoms. The molecule has 3 rings (SSSR count). The van der Waals surface area contributed by atoms with E-state index in [-0.39, 0.29) is 11.9 Å². The summed E-state index contributed by atoms with van der Waals surface area (Å²) in [5.41, 5.74) is 2.00. The fourth-order valence-corrected chi connectivity index (χ4v) is 7.26. The Morgan fingerprint density at radius 2 is 1.75 bits per heavy atom. The van der Waals surface area contributed by atoms with Gasteiger partial charge in [-0.2, -0.15) is 0 Å². The van der Waals surface area contributed by atoms with Crippen LogP contribution in [-0.2, 0) is 9.96 Å². The molecular formula is C16H23FOSi2. The van der Waals surface area contributed by atoms with Crippen LogP contribution in [0.5, 0.6) is 0 Å². The third-order valence-corrected chi connectivity index (χ3v) is 9.41. The summed E-state index contributed by atoms with van der Waals surface area (Å²) in [6.45, 7) is 13.7. The van der Waals surface area contributed by atoms with Crippen molar-refractivity contribution in [2.75, 3.05) is 0 Å². The van der Waals surface area contributed by atoms with Crippen LogP contribution in [0.4, 0.5) is 4.39 Å². The van der Waals surface area contributed by atoms with Crippen LogP contribution in [0.3, 0.4) is 0 Å². The Morgan fingerprint density at radius 3 is 2.30 bits per heavy atom. The number of rotatable bonds is 2. The molecule has 1 aromatic rings. The van der Waals surface area contributed by atoms with Gasteiger partial charge in [-0.3, -0.25) is 0 Å². The van der Waals surface area contributed by atoms with Gasteiger partial charge in [-0.15, -0.1) is 0 Å². The highest BCUT2D eigenvalue weighted by Gasteiger charge is 2.57. The molecule has 0 saturated carbocycles. The SMILES string of the molecule is C[Si](C)(C)c1ccc(F)c2c1C1C=CC2([Si](C)(C)C)O1. The lowest BCUT2D eigenvalue weighted by Gasteiger charge is -2.37. The predicted octanol–water partition coefficient (Wildman–Crippen LogP) is 4.08. The van der Waals surface area contributed by atoms with E-state index < -0.39 is 21.4 Å². The number of fused-ring (bicyclic) bond motifs is 5. The quantitative estimate of drug-likeness (QED) is 0.591. The summed E-state index contributed by atoms with van der Waals surface area (Å²) in [6, 6.07) is 3.66. The molecule has 0 amide bonds. The Kier molecular flexibility index (Phi) is 2.80. The monoisotopic (exact) mass is 306 g/mol. The van der Waals surface area contributed by atoms with Gasteiger partial charge in [0, 0.05) is 5.56 Å². The summed E-state index contributed by atoms with van der Waals surface area (Å²) in [7, 11) is -3.24. The Labute approximate surface area is 122 Å². The van der Waals surface area contributed by atoms with Crippen molar-refractivity contribution in [1.82, 2.24) is 0 Å². The first-order chi connectivity index (χ1) is 9.08. The summed E-state index contributed by atoms with van der Waals surface area (Å²) in [6.07, 6.45) is 4.24. The molecule has 108 valence electrons. The molecule has 2 aliphatic heterocycles. The van der Waals surface area contributed by atoms with Crippen molar-refractivity contribution >= 4 is 21.3 Å². The first kappa shape index (κ1) is 14.2. The minimum absolute atomic E-state index is 0.0332. The third-order valence-electron chi connectivity index (χ3n) is 4.59. The smallest absolute Gasteiger partial charge is 0.129 e. The van der Waals surface area contributed by atoms with Crippen LogP contribution in [0.15, 0.2) is 24.3 Å². The summed E-state index contributed by atoms with van der Waals surface area (Å²) < 4.78 is 21.0. The number of halogens is 1. The standard InChI is InChI=1S/C16H23FOSi2/c1-19(2,3)13-8-7-11(17)15-14(13)12-9-10-16(15,18-12)20(4,5)6/h7-10,12H,1-6H3. The summed E-state index contributed by atoms with van der Waals surface area (Å²) in [5.74, 6) is -0.0868. The minimum atomic E-state index is -1.73. The lowest BCUT2D eigenvalue weighted by molar-refractivity contribution is 0.0475. The molecule has 0 fully saturated rings. The van der Waals surface area contributed by atoms with Crippen LogP contribution in [-0.4, -0.2) is 16.1 Å². The Morgan fingerprint density at radius 1 is 1.10 bits per heavy atom. The number of ether oxygens (including phenoxy) is 1. The molecule has 2 unspecified atom stereocenters. The second-order valence-electron chi connectivity index (χ2n) is 8.02. The van der Waals surface area contributed by atoms with E-state index in [9.17, 15) is 4.39 Å². The Balaban J connectivity index is 2.33. The van der Waals surface area contributed by atoms with Crippen molar-refractivity contribution in [3.8, 4) is 0 Å². The normalized spacial score (nSPS) is 28.1. The van der Waals surface area contributed by atoms with Crippen LogP contribution in [0.25, 0.3) is 0 Å². The molecule has 0 aliphatic carbocycles. The van der Waals surface area contributed by atoms with Gasteiger partial charge in [0.1, 0.15) is 17.1 Å². The predicted molar refractivity (Wildman–Crippen MR) is 87.4 cm³/mol. The molecule has 2 atom stereocenters. The zero-order valence-electron chi connectivity index (χ0n) is 13.2. The van der Waals surface area contributed by atoms with Gasteiger partial charge in [0.25, 0.3) is 0 Å². The molecule has 0 aromatic heterocycles. The molecule has 0 N–H and O–H groups in total. The van der Waals surface area contributed by atoms with Crippen LogP contribution < -0.4 is 5.19 Å². The maximum Gasteiger partial charge on any atom is 0.129 e. The van der Waals surface area contributed by atoms with Crippen molar-refractivity contribution in [1.29, 1.82) is 0 Å². The average Bonchev–Trinajstić information content (AvgIpc) is 2.84. The molecule has 0 spiro atoms. The number of hydrogen-bond donors (Lipinski definition) is 0. The van der Waals surface area contributed by atoms with E-state index in [4.69, 9.17) is 4.74 Å². The molecule has 20 heavy (non-hydrogen) atoms. The van der Waals surface area contributed by atoms with Crippen LogP contribution in [0.2, 0.25) is 39.3 Å². The lowest BCUT2D eigenvalue weighted by Crippen LogP contribution is -2.48. The highest BCUT2D eigenvalue weighted by molar-refractivity contribution is 6.89. The van der Waals surface area contributed by atoms with E-state index >= 15 is 0 Å². The Bertz CT molecular complexity index is 610. The topological polar surface area (TPSA) is 9.23 Å². The number of hydrogen-bond acceptors (Lipinski definition) is 1. The molecule has 2 aliphatic rings. The zero-order valence-corrected chi connectivity index (χ0v) is 15.2. The maximum absolute atomic E-state index is 14.6. The lowest BCUT2D eigenvalue weighted by atomic mass is 9.95. The van der Waals surface area contributed by atoms with E-state index in [2.05, 4.69) is 51.4 Å². The minimum Gasteiger partial charge on any atom is -0.358 e. The summed E-state index contributed by atoms with van der Waals surface area (Å²) in [4.78, 5) is 0. The van der Waals surface area contributed by atoms with Gasteiger partial charge < -0.3 is 4.74 Å². The van der Waals surface area contributed by atoms with Crippen molar-refractivity contribution < 1.29 is 9.13 Å². The first-order valence-corrected chi connectivity index (χ1v) is 14.3. The second-order valence-corrected chi connectivity index (χ2v) is 18.3. The largest absolute Gasteiger partial charge is 0.358 e. The summed E-state index contributed by atoms with van der Waals surface area (Å²) in [5, 5.41) is 0.885. The maximum atomic E-state index is 14.6. The third kappa shape index (κ3) is 1.68. The van der Waals surface area contributed by atoms with Gasteiger partial charge in [0.05, 0.1) is 16.1 Å². The van der Waals surface area contributed by atoms with Crippen LogP contribution >= 0.6 is 0 Å². The van der Waals surface area contributed by atoms with Crippen LogP contribution in [0.1, 0.15) is 17.2 Å². The van der Waals surface area contributed by atoms with Gasteiger partial charge in [0.2, 0.25) is 0 Å². The molecule has 1 aromatic carbocycles. The van der Waals surface area contributed by atoms with Gasteiger partial charge in [-0.05, 0) is 11.6 Å².